The van der Waals surface area contributed by atoms with Gasteiger partial charge in [-0.25, -0.2) is 0 Å². The maximum atomic E-state index is 3.64. The largest absolute Gasteiger partial charge is 0.310 e. The second-order valence-electron chi connectivity index (χ2n) is 6.45. The van der Waals surface area contributed by atoms with Gasteiger partial charge in [0.1, 0.15) is 0 Å². The van der Waals surface area contributed by atoms with Gasteiger partial charge in [-0.3, -0.25) is 0 Å². The summed E-state index contributed by atoms with van der Waals surface area (Å²) < 4.78 is 0. The van der Waals surface area contributed by atoms with Gasteiger partial charge in [-0.2, -0.15) is 0 Å². The predicted molar refractivity (Wildman–Crippen MR) is 73.4 cm³/mol. The Morgan fingerprint density at radius 3 is 2.76 bits per heavy atom. The molecule has 0 bridgehead atoms. The van der Waals surface area contributed by atoms with Crippen LogP contribution in [0.15, 0.2) is 0 Å². The van der Waals surface area contributed by atoms with Gasteiger partial charge in [0.25, 0.3) is 0 Å². The van der Waals surface area contributed by atoms with Gasteiger partial charge in [-0.1, -0.05) is 6.92 Å². The van der Waals surface area contributed by atoms with Gasteiger partial charge in [0.05, 0.1) is 0 Å². The van der Waals surface area contributed by atoms with Crippen LogP contribution in [0.3, 0.4) is 0 Å². The van der Waals surface area contributed by atoms with E-state index < -0.39 is 0 Å². The van der Waals surface area contributed by atoms with Gasteiger partial charge >= 0.3 is 0 Å². The van der Waals surface area contributed by atoms with Crippen molar-refractivity contribution in [3.63, 3.8) is 0 Å². The molecule has 1 atom stereocenters. The molecule has 2 aliphatic rings. The van der Waals surface area contributed by atoms with Gasteiger partial charge < -0.3 is 15.1 Å². The smallest absolute Gasteiger partial charge is 0.0252 e. The van der Waals surface area contributed by atoms with Crippen molar-refractivity contribution in [2.45, 2.75) is 39.2 Å². The predicted octanol–water partition coefficient (Wildman–Crippen LogP) is 1.40. The minimum atomic E-state index is 0.291. The Balaban J connectivity index is 1.81. The van der Waals surface area contributed by atoms with Crippen LogP contribution in [0, 0.1) is 5.92 Å². The Kier molecular flexibility index (Phi) is 4.45. The summed E-state index contributed by atoms with van der Waals surface area (Å²) in [6.45, 7) is 15.8. The van der Waals surface area contributed by atoms with Crippen molar-refractivity contribution >= 4 is 0 Å². The monoisotopic (exact) mass is 239 g/mol. The van der Waals surface area contributed by atoms with Gasteiger partial charge in [0, 0.05) is 25.2 Å². The number of nitrogens with one attached hydrogen (secondary N) is 1. The standard InChI is InChI=1S/C14H29N3/c1-4-16-9-6-13(10-16)11-17-8-5-7-15-14(2,3)12-17/h13,15H,4-12H2,1-3H3. The number of hydrogen-bond acceptors (Lipinski definition) is 3. The Labute approximate surface area is 107 Å². The topological polar surface area (TPSA) is 18.5 Å². The van der Waals surface area contributed by atoms with Crippen molar-refractivity contribution in [2.24, 2.45) is 5.92 Å². The summed E-state index contributed by atoms with van der Waals surface area (Å²) in [5, 5.41) is 3.64. The lowest BCUT2D eigenvalue weighted by molar-refractivity contribution is 0.198. The molecule has 17 heavy (non-hydrogen) atoms. The summed E-state index contributed by atoms with van der Waals surface area (Å²) in [6.07, 6.45) is 2.70. The molecule has 0 amide bonds. The maximum Gasteiger partial charge on any atom is 0.0252 e. The molecule has 0 saturated carbocycles. The molecule has 1 N–H and O–H groups in total. The lowest BCUT2D eigenvalue weighted by Crippen LogP contribution is -2.47. The maximum absolute atomic E-state index is 3.64. The molecule has 100 valence electrons. The molecule has 0 radical (unpaired) electrons. The van der Waals surface area contributed by atoms with E-state index in [4.69, 9.17) is 0 Å². The molecule has 0 aromatic rings. The number of hydrogen-bond donors (Lipinski definition) is 1. The lowest BCUT2D eigenvalue weighted by Gasteiger charge is -2.31. The highest BCUT2D eigenvalue weighted by Crippen LogP contribution is 2.19. The zero-order chi connectivity index (χ0) is 12.3. The first kappa shape index (κ1) is 13.3. The molecule has 2 saturated heterocycles. The molecular formula is C14H29N3. The van der Waals surface area contributed by atoms with Crippen molar-refractivity contribution in [3.05, 3.63) is 0 Å². The third-order valence-corrected chi connectivity index (χ3v) is 4.21. The van der Waals surface area contributed by atoms with Crippen LogP contribution in [-0.2, 0) is 0 Å². The normalized spacial score (nSPS) is 31.6. The van der Waals surface area contributed by atoms with Gasteiger partial charge in [0.2, 0.25) is 0 Å². The Bertz CT molecular complexity index is 240. The van der Waals surface area contributed by atoms with Gasteiger partial charge in [-0.05, 0) is 58.8 Å². The summed E-state index contributed by atoms with van der Waals surface area (Å²) >= 11 is 0. The zero-order valence-corrected chi connectivity index (χ0v) is 11.8. The molecule has 0 aliphatic carbocycles. The van der Waals surface area contributed by atoms with Crippen LogP contribution in [0.4, 0.5) is 0 Å². The van der Waals surface area contributed by atoms with Gasteiger partial charge in [-0.15, -0.1) is 0 Å². The average molecular weight is 239 g/mol. The van der Waals surface area contributed by atoms with E-state index in [0.29, 0.717) is 5.54 Å². The zero-order valence-electron chi connectivity index (χ0n) is 11.8. The summed E-state index contributed by atoms with van der Waals surface area (Å²) in [4.78, 5) is 5.27. The average Bonchev–Trinajstić information content (AvgIpc) is 2.64. The first-order valence-electron chi connectivity index (χ1n) is 7.29. The van der Waals surface area contributed by atoms with Crippen LogP contribution < -0.4 is 5.32 Å². The first-order valence-corrected chi connectivity index (χ1v) is 7.29. The van der Waals surface area contributed by atoms with Crippen molar-refractivity contribution in [1.82, 2.24) is 15.1 Å². The van der Waals surface area contributed by atoms with Crippen molar-refractivity contribution in [3.8, 4) is 0 Å². The summed E-state index contributed by atoms with van der Waals surface area (Å²) in [7, 11) is 0. The third kappa shape index (κ3) is 3.94. The van der Waals surface area contributed by atoms with E-state index in [-0.39, 0.29) is 0 Å². The fraction of sp³-hybridized carbons (Fsp3) is 1.00. The van der Waals surface area contributed by atoms with Crippen molar-refractivity contribution in [1.29, 1.82) is 0 Å². The quantitative estimate of drug-likeness (QED) is 0.803. The summed E-state index contributed by atoms with van der Waals surface area (Å²) in [5.41, 5.74) is 0.291. The molecule has 0 aromatic heterocycles. The fourth-order valence-corrected chi connectivity index (χ4v) is 3.29. The molecule has 3 heteroatoms. The molecule has 2 heterocycles. The molecule has 1 unspecified atom stereocenters. The van der Waals surface area contributed by atoms with E-state index in [2.05, 4.69) is 35.9 Å². The van der Waals surface area contributed by atoms with E-state index in [0.717, 1.165) is 5.92 Å². The van der Waals surface area contributed by atoms with E-state index in [9.17, 15) is 0 Å². The summed E-state index contributed by atoms with van der Waals surface area (Å²) in [6, 6.07) is 0. The second-order valence-corrected chi connectivity index (χ2v) is 6.45. The molecule has 0 spiro atoms. The highest BCUT2D eigenvalue weighted by molar-refractivity contribution is 4.87. The minimum absolute atomic E-state index is 0.291. The van der Waals surface area contributed by atoms with E-state index in [1.807, 2.05) is 0 Å². The van der Waals surface area contributed by atoms with Crippen LogP contribution in [0.1, 0.15) is 33.6 Å². The SMILES string of the molecule is CCN1CCC(CN2CCCNC(C)(C)C2)C1. The Morgan fingerprint density at radius 2 is 2.06 bits per heavy atom. The Hall–Kier alpha value is -0.120. The molecule has 2 fully saturated rings. The van der Waals surface area contributed by atoms with Crippen molar-refractivity contribution < 1.29 is 0 Å². The molecule has 2 rings (SSSR count). The highest BCUT2D eigenvalue weighted by atomic mass is 15.2. The van der Waals surface area contributed by atoms with E-state index in [1.54, 1.807) is 0 Å². The highest BCUT2D eigenvalue weighted by Gasteiger charge is 2.28. The lowest BCUT2D eigenvalue weighted by atomic mass is 10.0. The third-order valence-electron chi connectivity index (χ3n) is 4.21. The fourth-order valence-electron chi connectivity index (χ4n) is 3.29. The van der Waals surface area contributed by atoms with Crippen LogP contribution in [0.2, 0.25) is 0 Å². The molecule has 3 nitrogen and oxygen atoms in total. The molecule has 2 aliphatic heterocycles. The first-order chi connectivity index (χ1) is 8.09. The van der Waals surface area contributed by atoms with Crippen LogP contribution in [0.25, 0.3) is 0 Å². The van der Waals surface area contributed by atoms with Gasteiger partial charge in [0.15, 0.2) is 0 Å². The van der Waals surface area contributed by atoms with Crippen LogP contribution in [-0.4, -0.2) is 61.2 Å². The molecule has 0 aromatic carbocycles. The molecular weight excluding hydrogens is 210 g/mol. The number of likely N-dealkylation sites (tertiary alicyclic amines) is 1. The minimum Gasteiger partial charge on any atom is -0.310 e. The second kappa shape index (κ2) is 5.68. The number of rotatable bonds is 3. The number of nitrogens with zero attached hydrogens (tertiary/aromatic N) is 2. The van der Waals surface area contributed by atoms with Crippen molar-refractivity contribution in [2.75, 3.05) is 45.8 Å². The summed E-state index contributed by atoms with van der Waals surface area (Å²) in [5.74, 6) is 0.906. The van der Waals surface area contributed by atoms with E-state index in [1.165, 1.54) is 58.7 Å². The van der Waals surface area contributed by atoms with E-state index >= 15 is 0 Å². The van der Waals surface area contributed by atoms with Crippen LogP contribution in [0.5, 0.6) is 0 Å². The Morgan fingerprint density at radius 1 is 1.24 bits per heavy atom. The van der Waals surface area contributed by atoms with Crippen LogP contribution >= 0.6 is 0 Å².